The lowest BCUT2D eigenvalue weighted by Gasteiger charge is -1.99. The predicted octanol–water partition coefficient (Wildman–Crippen LogP) is 1.10. The van der Waals surface area contributed by atoms with E-state index in [1.807, 2.05) is 0 Å². The first-order valence-electron chi connectivity index (χ1n) is 3.57. The Balaban J connectivity index is 2.78. The summed E-state index contributed by atoms with van der Waals surface area (Å²) in [6.07, 6.45) is 4.09. The summed E-state index contributed by atoms with van der Waals surface area (Å²) in [5.41, 5.74) is 0.828. The Kier molecular flexibility index (Phi) is 2.66. The fourth-order valence-electron chi connectivity index (χ4n) is 0.910. The van der Waals surface area contributed by atoms with Crippen molar-refractivity contribution in [3.05, 3.63) is 18.0 Å². The molecule has 0 atom stereocenters. The summed E-state index contributed by atoms with van der Waals surface area (Å²) in [5.74, 6) is 0. The van der Waals surface area contributed by atoms with Gasteiger partial charge in [0.25, 0.3) is 0 Å². The van der Waals surface area contributed by atoms with Crippen LogP contribution in [0.3, 0.4) is 0 Å². The summed E-state index contributed by atoms with van der Waals surface area (Å²) in [4.78, 5) is 0. The van der Waals surface area contributed by atoms with Crippen molar-refractivity contribution in [3.63, 3.8) is 0 Å². The molecule has 0 bridgehead atoms. The van der Waals surface area contributed by atoms with Gasteiger partial charge in [0.15, 0.2) is 0 Å². The quantitative estimate of drug-likeness (QED) is 0.401. The molecule has 11 heavy (non-hydrogen) atoms. The molecule has 4 nitrogen and oxygen atoms in total. The zero-order valence-electron chi connectivity index (χ0n) is 6.44. The maximum absolute atomic E-state index is 8.26. The SMILES string of the molecule is CCCn1nccc1/C=N/O. The van der Waals surface area contributed by atoms with Crippen molar-refractivity contribution < 1.29 is 5.21 Å². The summed E-state index contributed by atoms with van der Waals surface area (Å²) in [6.45, 7) is 2.93. The molecular formula is C7H11N3O. The summed E-state index contributed by atoms with van der Waals surface area (Å²) in [7, 11) is 0. The number of aromatic nitrogens is 2. The van der Waals surface area contributed by atoms with Gasteiger partial charge < -0.3 is 5.21 Å². The molecule has 1 rings (SSSR count). The molecule has 0 aliphatic heterocycles. The van der Waals surface area contributed by atoms with Crippen LogP contribution in [0.4, 0.5) is 0 Å². The first kappa shape index (κ1) is 7.78. The van der Waals surface area contributed by atoms with Crippen LogP contribution in [0.25, 0.3) is 0 Å². The van der Waals surface area contributed by atoms with E-state index in [-0.39, 0.29) is 0 Å². The third-order valence-electron chi connectivity index (χ3n) is 1.37. The molecule has 0 aliphatic carbocycles. The minimum absolute atomic E-state index is 0.828. The van der Waals surface area contributed by atoms with E-state index >= 15 is 0 Å². The highest BCUT2D eigenvalue weighted by atomic mass is 16.4. The van der Waals surface area contributed by atoms with Gasteiger partial charge in [0.05, 0.1) is 11.9 Å². The molecular weight excluding hydrogens is 142 g/mol. The maximum Gasteiger partial charge on any atom is 0.0914 e. The van der Waals surface area contributed by atoms with E-state index < -0.39 is 0 Å². The first-order chi connectivity index (χ1) is 5.38. The van der Waals surface area contributed by atoms with Crippen LogP contribution in [0, 0.1) is 0 Å². The van der Waals surface area contributed by atoms with E-state index in [4.69, 9.17) is 5.21 Å². The Morgan fingerprint density at radius 1 is 1.82 bits per heavy atom. The lowest BCUT2D eigenvalue weighted by molar-refractivity contribution is 0.321. The van der Waals surface area contributed by atoms with Gasteiger partial charge in [0, 0.05) is 12.7 Å². The Morgan fingerprint density at radius 3 is 3.27 bits per heavy atom. The largest absolute Gasteiger partial charge is 0.411 e. The van der Waals surface area contributed by atoms with Gasteiger partial charge in [0.2, 0.25) is 0 Å². The topological polar surface area (TPSA) is 50.4 Å². The van der Waals surface area contributed by atoms with E-state index in [0.29, 0.717) is 0 Å². The molecule has 1 aromatic rings. The zero-order valence-corrected chi connectivity index (χ0v) is 6.44. The molecule has 1 heterocycles. The van der Waals surface area contributed by atoms with Crippen LogP contribution in [0.2, 0.25) is 0 Å². The van der Waals surface area contributed by atoms with Crippen molar-refractivity contribution in [2.45, 2.75) is 19.9 Å². The van der Waals surface area contributed by atoms with Crippen molar-refractivity contribution in [2.75, 3.05) is 0 Å². The minimum Gasteiger partial charge on any atom is -0.411 e. The molecule has 0 unspecified atom stereocenters. The van der Waals surface area contributed by atoms with Crippen molar-refractivity contribution >= 4 is 6.21 Å². The molecule has 0 radical (unpaired) electrons. The summed E-state index contributed by atoms with van der Waals surface area (Å²) >= 11 is 0. The second-order valence-electron chi connectivity index (χ2n) is 2.22. The van der Waals surface area contributed by atoms with Gasteiger partial charge in [-0.25, -0.2) is 0 Å². The van der Waals surface area contributed by atoms with Gasteiger partial charge in [-0.1, -0.05) is 12.1 Å². The van der Waals surface area contributed by atoms with Gasteiger partial charge in [-0.05, 0) is 12.5 Å². The van der Waals surface area contributed by atoms with Gasteiger partial charge in [-0.15, -0.1) is 0 Å². The normalized spacial score (nSPS) is 11.0. The van der Waals surface area contributed by atoms with E-state index in [1.54, 1.807) is 16.9 Å². The average molecular weight is 153 g/mol. The monoisotopic (exact) mass is 153 g/mol. The standard InChI is InChI=1S/C7H11N3O/c1-2-5-10-7(6-9-11)3-4-8-10/h3-4,6,11H,2,5H2,1H3/b9-6+. The molecule has 0 saturated carbocycles. The van der Waals surface area contributed by atoms with E-state index in [1.165, 1.54) is 6.21 Å². The highest BCUT2D eigenvalue weighted by molar-refractivity contribution is 5.76. The Labute approximate surface area is 65.1 Å². The fraction of sp³-hybridized carbons (Fsp3) is 0.429. The summed E-state index contributed by atoms with van der Waals surface area (Å²) < 4.78 is 1.79. The Bertz CT molecular complexity index is 242. The van der Waals surface area contributed by atoms with Gasteiger partial charge in [-0.2, -0.15) is 5.10 Å². The highest BCUT2D eigenvalue weighted by Crippen LogP contribution is 1.96. The molecule has 0 saturated heterocycles. The molecule has 1 N–H and O–H groups in total. The van der Waals surface area contributed by atoms with Gasteiger partial charge >= 0.3 is 0 Å². The van der Waals surface area contributed by atoms with E-state index in [0.717, 1.165) is 18.7 Å². The number of nitrogens with zero attached hydrogens (tertiary/aromatic N) is 3. The predicted molar refractivity (Wildman–Crippen MR) is 41.9 cm³/mol. The van der Waals surface area contributed by atoms with Crippen LogP contribution in [0.5, 0.6) is 0 Å². The molecule has 0 amide bonds. The molecule has 4 heteroatoms. The number of aryl methyl sites for hydroxylation is 1. The highest BCUT2D eigenvalue weighted by Gasteiger charge is 1.96. The second kappa shape index (κ2) is 3.75. The van der Waals surface area contributed by atoms with Crippen LogP contribution >= 0.6 is 0 Å². The Morgan fingerprint density at radius 2 is 2.64 bits per heavy atom. The third-order valence-corrected chi connectivity index (χ3v) is 1.37. The van der Waals surface area contributed by atoms with Crippen molar-refractivity contribution in [1.82, 2.24) is 9.78 Å². The first-order valence-corrected chi connectivity index (χ1v) is 3.57. The maximum atomic E-state index is 8.26. The van der Waals surface area contributed by atoms with Gasteiger partial charge in [0.1, 0.15) is 0 Å². The van der Waals surface area contributed by atoms with Crippen LogP contribution in [0.15, 0.2) is 17.4 Å². The molecule has 0 fully saturated rings. The van der Waals surface area contributed by atoms with E-state index in [2.05, 4.69) is 17.2 Å². The van der Waals surface area contributed by atoms with Crippen LogP contribution in [-0.4, -0.2) is 21.2 Å². The van der Waals surface area contributed by atoms with Crippen LogP contribution in [-0.2, 0) is 6.54 Å². The second-order valence-corrected chi connectivity index (χ2v) is 2.22. The number of hydrogen-bond donors (Lipinski definition) is 1. The van der Waals surface area contributed by atoms with E-state index in [9.17, 15) is 0 Å². The van der Waals surface area contributed by atoms with Crippen LogP contribution < -0.4 is 0 Å². The molecule has 0 aliphatic rings. The Hall–Kier alpha value is -1.32. The van der Waals surface area contributed by atoms with Crippen LogP contribution in [0.1, 0.15) is 19.0 Å². The lowest BCUT2D eigenvalue weighted by atomic mass is 10.4. The third kappa shape index (κ3) is 1.80. The molecule has 60 valence electrons. The number of hydrogen-bond acceptors (Lipinski definition) is 3. The molecule has 1 aromatic heterocycles. The molecule has 0 spiro atoms. The zero-order chi connectivity index (χ0) is 8.10. The smallest absolute Gasteiger partial charge is 0.0914 e. The number of oxime groups is 1. The van der Waals surface area contributed by atoms with Crippen molar-refractivity contribution in [2.24, 2.45) is 5.16 Å². The van der Waals surface area contributed by atoms with Gasteiger partial charge in [-0.3, -0.25) is 4.68 Å². The fourth-order valence-corrected chi connectivity index (χ4v) is 0.910. The molecule has 0 aromatic carbocycles. The summed E-state index contributed by atoms with van der Waals surface area (Å²) in [6, 6.07) is 1.80. The van der Waals surface area contributed by atoms with Crippen molar-refractivity contribution in [3.8, 4) is 0 Å². The summed E-state index contributed by atoms with van der Waals surface area (Å²) in [5, 5.41) is 15.2. The lowest BCUT2D eigenvalue weighted by Crippen LogP contribution is -2.03. The minimum atomic E-state index is 0.828. The average Bonchev–Trinajstić information content (AvgIpc) is 2.39. The number of rotatable bonds is 3. The van der Waals surface area contributed by atoms with Crippen molar-refractivity contribution in [1.29, 1.82) is 0 Å².